The molecule has 1 amide bonds. The maximum absolute atomic E-state index is 12.6. The quantitative estimate of drug-likeness (QED) is 0.448. The predicted octanol–water partition coefficient (Wildman–Crippen LogP) is 4.66. The lowest BCUT2D eigenvalue weighted by Gasteiger charge is -2.48. The molecule has 2 aliphatic rings. The van der Waals surface area contributed by atoms with Gasteiger partial charge in [-0.05, 0) is 55.5 Å². The van der Waals surface area contributed by atoms with Gasteiger partial charge in [0.15, 0.2) is 0 Å². The molecule has 2 fully saturated rings. The van der Waals surface area contributed by atoms with Gasteiger partial charge in [0.25, 0.3) is 0 Å². The van der Waals surface area contributed by atoms with Crippen LogP contribution in [-0.4, -0.2) is 29.6 Å². The van der Waals surface area contributed by atoms with Crippen LogP contribution in [0, 0.1) is 5.92 Å². The molecule has 0 aliphatic carbocycles. The fraction of sp³-hybridized carbons (Fsp3) is 0.611. The Balaban J connectivity index is 1.57. The van der Waals surface area contributed by atoms with Crippen molar-refractivity contribution < 1.29 is 9.53 Å². The normalized spacial score (nSPS) is 25.7. The molecule has 6 heteroatoms. The van der Waals surface area contributed by atoms with Crippen LogP contribution in [0.15, 0.2) is 35.4 Å². The molecule has 1 aromatic carbocycles. The molecule has 1 aromatic rings. The number of hydrogen-bond donors (Lipinski definition) is 0. The topological polar surface area (TPSA) is 78.3 Å². The van der Waals surface area contributed by atoms with Gasteiger partial charge in [0, 0.05) is 23.5 Å². The van der Waals surface area contributed by atoms with E-state index < -0.39 is 0 Å². The number of fused-ring (bicyclic) bond motifs is 2. The van der Waals surface area contributed by atoms with Gasteiger partial charge in [0.2, 0.25) is 0 Å². The molecular weight excluding hydrogens is 304 g/mol. The van der Waals surface area contributed by atoms with Gasteiger partial charge in [-0.2, -0.15) is 0 Å². The predicted molar refractivity (Wildman–Crippen MR) is 91.2 cm³/mol. The number of azide groups is 1. The third-order valence-electron chi connectivity index (χ3n) is 5.19. The molecule has 0 radical (unpaired) electrons. The summed E-state index contributed by atoms with van der Waals surface area (Å²) < 4.78 is 5.56. The van der Waals surface area contributed by atoms with Crippen molar-refractivity contribution in [3.05, 3.63) is 46.3 Å². The number of nitrogens with zero attached hydrogens (tertiary/aromatic N) is 4. The van der Waals surface area contributed by atoms with Crippen LogP contribution < -0.4 is 0 Å². The zero-order chi connectivity index (χ0) is 16.8. The van der Waals surface area contributed by atoms with Gasteiger partial charge in [-0.1, -0.05) is 35.4 Å². The molecule has 0 spiro atoms. The Bertz CT molecular complexity index is 586. The van der Waals surface area contributed by atoms with E-state index >= 15 is 0 Å². The van der Waals surface area contributed by atoms with E-state index in [9.17, 15) is 4.79 Å². The van der Waals surface area contributed by atoms with Crippen LogP contribution in [-0.2, 0) is 11.3 Å². The minimum Gasteiger partial charge on any atom is -0.445 e. The number of carbonyl (C=O) groups excluding carboxylic acids is 1. The molecule has 128 valence electrons. The number of rotatable bonds is 5. The summed E-state index contributed by atoms with van der Waals surface area (Å²) in [6, 6.07) is 10.3. The van der Waals surface area contributed by atoms with Crippen molar-refractivity contribution in [2.75, 3.05) is 6.54 Å². The summed E-state index contributed by atoms with van der Waals surface area (Å²) in [7, 11) is 0. The van der Waals surface area contributed by atoms with E-state index in [1.165, 1.54) is 6.42 Å². The first kappa shape index (κ1) is 16.7. The van der Waals surface area contributed by atoms with Crippen LogP contribution in [0.1, 0.15) is 44.1 Å². The molecule has 0 N–H and O–H groups in total. The van der Waals surface area contributed by atoms with Crippen LogP contribution in [0.5, 0.6) is 0 Å². The van der Waals surface area contributed by atoms with Crippen molar-refractivity contribution in [3.63, 3.8) is 0 Å². The van der Waals surface area contributed by atoms with Crippen molar-refractivity contribution >= 4 is 6.09 Å². The number of amides is 1. The van der Waals surface area contributed by atoms with Gasteiger partial charge >= 0.3 is 6.09 Å². The van der Waals surface area contributed by atoms with Gasteiger partial charge in [-0.3, -0.25) is 0 Å². The molecular formula is C18H24N4O2. The van der Waals surface area contributed by atoms with Gasteiger partial charge in [-0.15, -0.1) is 0 Å². The number of carbonyl (C=O) groups is 1. The molecule has 24 heavy (non-hydrogen) atoms. The zero-order valence-corrected chi connectivity index (χ0v) is 13.9. The Kier molecular flexibility index (Phi) is 5.59. The molecule has 2 heterocycles. The molecule has 2 bridgehead atoms. The average molecular weight is 328 g/mol. The number of ether oxygens (including phenoxy) is 1. The van der Waals surface area contributed by atoms with Crippen LogP contribution in [0.3, 0.4) is 0 Å². The third kappa shape index (κ3) is 4.01. The maximum Gasteiger partial charge on any atom is 0.410 e. The van der Waals surface area contributed by atoms with E-state index in [0.29, 0.717) is 19.1 Å². The second-order valence-electron chi connectivity index (χ2n) is 6.77. The largest absolute Gasteiger partial charge is 0.445 e. The van der Waals surface area contributed by atoms with E-state index in [2.05, 4.69) is 10.0 Å². The summed E-state index contributed by atoms with van der Waals surface area (Å²) in [4.78, 5) is 17.4. The van der Waals surface area contributed by atoms with Crippen LogP contribution in [0.25, 0.3) is 10.4 Å². The van der Waals surface area contributed by atoms with Gasteiger partial charge in [-0.25, -0.2) is 4.79 Å². The minimum atomic E-state index is -0.179. The Morgan fingerprint density at radius 2 is 1.96 bits per heavy atom. The number of benzene rings is 1. The van der Waals surface area contributed by atoms with Crippen molar-refractivity contribution in [2.24, 2.45) is 11.0 Å². The average Bonchev–Trinajstić information content (AvgIpc) is 2.60. The summed E-state index contributed by atoms with van der Waals surface area (Å²) >= 11 is 0. The summed E-state index contributed by atoms with van der Waals surface area (Å²) in [6.45, 7) is 0.884. The summed E-state index contributed by atoms with van der Waals surface area (Å²) in [5.74, 6) is 0.545. The SMILES string of the molecule is [N-]=[N+]=NCCC1CC2CCCC(C1)N2C(=O)OCc1ccccc1. The second kappa shape index (κ2) is 8.06. The molecule has 2 atom stereocenters. The Morgan fingerprint density at radius 3 is 2.62 bits per heavy atom. The first-order chi connectivity index (χ1) is 11.8. The fourth-order valence-corrected chi connectivity index (χ4v) is 4.11. The van der Waals surface area contributed by atoms with E-state index in [0.717, 1.165) is 37.7 Å². The molecule has 2 saturated heterocycles. The summed E-state index contributed by atoms with van der Waals surface area (Å²) in [5, 5.41) is 3.65. The smallest absolute Gasteiger partial charge is 0.410 e. The van der Waals surface area contributed by atoms with E-state index in [4.69, 9.17) is 10.3 Å². The highest BCUT2D eigenvalue weighted by Gasteiger charge is 2.41. The van der Waals surface area contributed by atoms with Gasteiger partial charge in [0.1, 0.15) is 6.61 Å². The monoisotopic (exact) mass is 328 g/mol. The summed E-state index contributed by atoms with van der Waals surface area (Å²) in [5.41, 5.74) is 9.43. The zero-order valence-electron chi connectivity index (χ0n) is 13.9. The maximum atomic E-state index is 12.6. The Morgan fingerprint density at radius 1 is 1.25 bits per heavy atom. The molecule has 3 rings (SSSR count). The molecule has 6 nitrogen and oxygen atoms in total. The first-order valence-electron chi connectivity index (χ1n) is 8.78. The lowest BCUT2D eigenvalue weighted by atomic mass is 9.77. The lowest BCUT2D eigenvalue weighted by Crippen LogP contribution is -2.54. The van der Waals surface area contributed by atoms with Gasteiger partial charge < -0.3 is 9.64 Å². The van der Waals surface area contributed by atoms with E-state index in [1.54, 1.807) is 0 Å². The Hall–Kier alpha value is -2.20. The van der Waals surface area contributed by atoms with Crippen LogP contribution in [0.4, 0.5) is 4.79 Å². The van der Waals surface area contributed by atoms with Crippen molar-refractivity contribution in [3.8, 4) is 0 Å². The minimum absolute atomic E-state index is 0.179. The summed E-state index contributed by atoms with van der Waals surface area (Å²) in [6.07, 6.45) is 6.02. The van der Waals surface area contributed by atoms with Gasteiger partial charge in [0.05, 0.1) is 0 Å². The van der Waals surface area contributed by atoms with E-state index in [1.807, 2.05) is 35.2 Å². The van der Waals surface area contributed by atoms with Crippen LogP contribution >= 0.6 is 0 Å². The second-order valence-corrected chi connectivity index (χ2v) is 6.77. The van der Waals surface area contributed by atoms with E-state index in [-0.39, 0.29) is 18.2 Å². The first-order valence-corrected chi connectivity index (χ1v) is 8.78. The number of hydrogen-bond acceptors (Lipinski definition) is 3. The Labute approximate surface area is 142 Å². The standard InChI is InChI=1S/C18H24N4O2/c19-21-20-10-9-15-11-16-7-4-8-17(12-15)22(16)18(23)24-13-14-5-2-1-3-6-14/h1-3,5-6,15-17H,4,7-13H2. The number of piperidine rings is 2. The highest BCUT2D eigenvalue weighted by atomic mass is 16.6. The lowest BCUT2D eigenvalue weighted by molar-refractivity contribution is 0.00231. The highest BCUT2D eigenvalue weighted by Crippen LogP contribution is 2.38. The van der Waals surface area contributed by atoms with Crippen molar-refractivity contribution in [1.29, 1.82) is 0 Å². The fourth-order valence-electron chi connectivity index (χ4n) is 4.11. The highest BCUT2D eigenvalue weighted by molar-refractivity contribution is 5.69. The third-order valence-corrected chi connectivity index (χ3v) is 5.19. The molecule has 2 aliphatic heterocycles. The molecule has 2 unspecified atom stereocenters. The molecule has 0 aromatic heterocycles. The van der Waals surface area contributed by atoms with Crippen LogP contribution in [0.2, 0.25) is 0 Å². The van der Waals surface area contributed by atoms with Crippen molar-refractivity contribution in [1.82, 2.24) is 4.90 Å². The molecule has 0 saturated carbocycles. The van der Waals surface area contributed by atoms with Crippen molar-refractivity contribution in [2.45, 2.75) is 57.2 Å².